The van der Waals surface area contributed by atoms with Gasteiger partial charge in [-0.25, -0.2) is 0 Å². The van der Waals surface area contributed by atoms with Gasteiger partial charge in [0.25, 0.3) is 0 Å². The molecule has 2 aliphatic rings. The predicted octanol–water partition coefficient (Wildman–Crippen LogP) is 1.66. The lowest BCUT2D eigenvalue weighted by atomic mass is 9.86. The van der Waals surface area contributed by atoms with Gasteiger partial charge in [0.2, 0.25) is 6.79 Å². The second kappa shape index (κ2) is 6.03. The SMILES string of the molecule is NC(=NCC1CCC1)NCCc1ccc2c(c1)OCO2. The van der Waals surface area contributed by atoms with Gasteiger partial charge in [0.1, 0.15) is 0 Å². The van der Waals surface area contributed by atoms with Gasteiger partial charge in [0.05, 0.1) is 0 Å². The summed E-state index contributed by atoms with van der Waals surface area (Å²) in [5, 5.41) is 3.16. The van der Waals surface area contributed by atoms with Crippen molar-refractivity contribution < 1.29 is 9.47 Å². The molecule has 1 aliphatic heterocycles. The molecule has 0 saturated heterocycles. The minimum Gasteiger partial charge on any atom is -0.454 e. The first-order chi connectivity index (χ1) is 9.81. The fraction of sp³-hybridized carbons (Fsp3) is 0.533. The fourth-order valence-corrected chi connectivity index (χ4v) is 2.39. The quantitative estimate of drug-likeness (QED) is 0.633. The molecule has 3 rings (SSSR count). The van der Waals surface area contributed by atoms with Crippen LogP contribution in [0.3, 0.4) is 0 Å². The van der Waals surface area contributed by atoms with E-state index in [1.165, 1.54) is 24.8 Å². The number of nitrogens with zero attached hydrogens (tertiary/aromatic N) is 1. The van der Waals surface area contributed by atoms with Crippen molar-refractivity contribution >= 4 is 5.96 Å². The highest BCUT2D eigenvalue weighted by Crippen LogP contribution is 2.32. The summed E-state index contributed by atoms with van der Waals surface area (Å²) in [6, 6.07) is 6.02. The normalized spacial score (nSPS) is 17.9. The third-order valence-corrected chi connectivity index (χ3v) is 3.90. The van der Waals surface area contributed by atoms with Crippen molar-refractivity contribution in [2.45, 2.75) is 25.7 Å². The van der Waals surface area contributed by atoms with Crippen LogP contribution in [0.1, 0.15) is 24.8 Å². The molecule has 20 heavy (non-hydrogen) atoms. The van der Waals surface area contributed by atoms with E-state index in [0.717, 1.165) is 36.9 Å². The van der Waals surface area contributed by atoms with E-state index in [-0.39, 0.29) is 0 Å². The van der Waals surface area contributed by atoms with E-state index >= 15 is 0 Å². The molecule has 108 valence electrons. The van der Waals surface area contributed by atoms with E-state index in [9.17, 15) is 0 Å². The van der Waals surface area contributed by atoms with Crippen LogP contribution >= 0.6 is 0 Å². The van der Waals surface area contributed by atoms with Crippen molar-refractivity contribution in [3.63, 3.8) is 0 Å². The molecule has 3 N–H and O–H groups in total. The summed E-state index contributed by atoms with van der Waals surface area (Å²) in [4.78, 5) is 4.37. The molecule has 5 nitrogen and oxygen atoms in total. The van der Waals surface area contributed by atoms with Crippen LogP contribution in [0.5, 0.6) is 11.5 Å². The van der Waals surface area contributed by atoms with Gasteiger partial charge in [-0.2, -0.15) is 0 Å². The monoisotopic (exact) mass is 275 g/mol. The van der Waals surface area contributed by atoms with Gasteiger partial charge in [-0.1, -0.05) is 12.5 Å². The number of fused-ring (bicyclic) bond motifs is 1. The van der Waals surface area contributed by atoms with Crippen molar-refractivity contribution in [1.29, 1.82) is 0 Å². The number of guanidine groups is 1. The van der Waals surface area contributed by atoms with Gasteiger partial charge >= 0.3 is 0 Å². The molecule has 5 heteroatoms. The van der Waals surface area contributed by atoms with Crippen LogP contribution < -0.4 is 20.5 Å². The lowest BCUT2D eigenvalue weighted by Gasteiger charge is -2.23. The number of benzene rings is 1. The molecule has 0 atom stereocenters. The zero-order chi connectivity index (χ0) is 13.8. The van der Waals surface area contributed by atoms with Gasteiger partial charge in [-0.15, -0.1) is 0 Å². The Balaban J connectivity index is 1.42. The predicted molar refractivity (Wildman–Crippen MR) is 78.1 cm³/mol. The molecule has 1 heterocycles. The minimum absolute atomic E-state index is 0.317. The van der Waals surface area contributed by atoms with E-state index in [4.69, 9.17) is 15.2 Å². The van der Waals surface area contributed by atoms with Gasteiger partial charge in [-0.05, 0) is 42.9 Å². The number of nitrogens with one attached hydrogen (secondary N) is 1. The van der Waals surface area contributed by atoms with E-state index in [1.54, 1.807) is 0 Å². The highest BCUT2D eigenvalue weighted by molar-refractivity contribution is 5.77. The van der Waals surface area contributed by atoms with Crippen LogP contribution in [0.25, 0.3) is 0 Å². The number of ether oxygens (including phenoxy) is 2. The summed E-state index contributed by atoms with van der Waals surface area (Å²) in [6.07, 6.45) is 4.83. The summed E-state index contributed by atoms with van der Waals surface area (Å²) in [5.41, 5.74) is 7.05. The van der Waals surface area contributed by atoms with Crippen molar-refractivity contribution in [2.24, 2.45) is 16.6 Å². The molecule has 0 radical (unpaired) electrons. The number of nitrogens with two attached hydrogens (primary N) is 1. The maximum absolute atomic E-state index is 5.85. The van der Waals surface area contributed by atoms with Crippen LogP contribution in [0.2, 0.25) is 0 Å². The van der Waals surface area contributed by atoms with Crippen molar-refractivity contribution in [2.75, 3.05) is 19.9 Å². The summed E-state index contributed by atoms with van der Waals surface area (Å²) in [6.45, 7) is 1.96. The molecule has 1 aliphatic carbocycles. The Labute approximate surface area is 119 Å². The Morgan fingerprint density at radius 3 is 2.95 bits per heavy atom. The number of hydrogen-bond donors (Lipinski definition) is 2. The Kier molecular flexibility index (Phi) is 3.95. The third kappa shape index (κ3) is 3.15. The fourth-order valence-electron chi connectivity index (χ4n) is 2.39. The molecular formula is C15H21N3O2. The molecule has 0 unspecified atom stereocenters. The van der Waals surface area contributed by atoms with Crippen LogP contribution in [0, 0.1) is 5.92 Å². The Morgan fingerprint density at radius 2 is 2.15 bits per heavy atom. The van der Waals surface area contributed by atoms with Crippen LogP contribution in [-0.2, 0) is 6.42 Å². The Morgan fingerprint density at radius 1 is 1.30 bits per heavy atom. The van der Waals surface area contributed by atoms with Crippen LogP contribution in [0.15, 0.2) is 23.2 Å². The van der Waals surface area contributed by atoms with Crippen molar-refractivity contribution in [3.8, 4) is 11.5 Å². The first-order valence-electron chi connectivity index (χ1n) is 7.23. The first kappa shape index (κ1) is 13.1. The minimum atomic E-state index is 0.317. The van der Waals surface area contributed by atoms with E-state index < -0.39 is 0 Å². The third-order valence-electron chi connectivity index (χ3n) is 3.90. The molecule has 0 aromatic heterocycles. The number of rotatable bonds is 5. The number of aliphatic imine (C=N–C) groups is 1. The second-order valence-corrected chi connectivity index (χ2v) is 5.39. The molecule has 0 amide bonds. The zero-order valence-electron chi connectivity index (χ0n) is 11.6. The molecule has 1 aromatic rings. The molecular weight excluding hydrogens is 254 g/mol. The topological polar surface area (TPSA) is 68.9 Å². The average molecular weight is 275 g/mol. The van der Waals surface area contributed by atoms with Gasteiger partial charge in [0.15, 0.2) is 17.5 Å². The van der Waals surface area contributed by atoms with Crippen molar-refractivity contribution in [3.05, 3.63) is 23.8 Å². The lowest BCUT2D eigenvalue weighted by molar-refractivity contribution is 0.174. The molecule has 0 bridgehead atoms. The van der Waals surface area contributed by atoms with Crippen LogP contribution in [-0.4, -0.2) is 25.8 Å². The summed E-state index contributed by atoms with van der Waals surface area (Å²) >= 11 is 0. The maximum Gasteiger partial charge on any atom is 0.231 e. The average Bonchev–Trinajstić information content (AvgIpc) is 2.84. The maximum atomic E-state index is 5.85. The highest BCUT2D eigenvalue weighted by atomic mass is 16.7. The van der Waals surface area contributed by atoms with E-state index in [2.05, 4.69) is 16.4 Å². The smallest absolute Gasteiger partial charge is 0.231 e. The molecule has 1 saturated carbocycles. The standard InChI is InChI=1S/C15H21N3O2/c16-15(18-9-12-2-1-3-12)17-7-6-11-4-5-13-14(8-11)20-10-19-13/h4-5,8,12H,1-3,6-7,9-10H2,(H3,16,17,18). The Bertz CT molecular complexity index is 498. The molecule has 1 aromatic carbocycles. The summed E-state index contributed by atoms with van der Waals surface area (Å²) in [7, 11) is 0. The lowest BCUT2D eigenvalue weighted by Crippen LogP contribution is -2.34. The highest BCUT2D eigenvalue weighted by Gasteiger charge is 2.16. The molecule has 0 spiro atoms. The van der Waals surface area contributed by atoms with Crippen LogP contribution in [0.4, 0.5) is 0 Å². The molecule has 1 fully saturated rings. The summed E-state index contributed by atoms with van der Waals surface area (Å²) < 4.78 is 10.6. The zero-order valence-corrected chi connectivity index (χ0v) is 11.6. The Hall–Kier alpha value is -1.91. The van der Waals surface area contributed by atoms with Gasteiger partial charge in [-0.3, -0.25) is 4.99 Å². The van der Waals surface area contributed by atoms with Gasteiger partial charge in [0, 0.05) is 13.1 Å². The summed E-state index contributed by atoms with van der Waals surface area (Å²) in [5.74, 6) is 2.96. The van der Waals surface area contributed by atoms with E-state index in [1.807, 2.05) is 12.1 Å². The first-order valence-corrected chi connectivity index (χ1v) is 7.23. The van der Waals surface area contributed by atoms with Gasteiger partial charge < -0.3 is 20.5 Å². The van der Waals surface area contributed by atoms with Crippen molar-refractivity contribution in [1.82, 2.24) is 5.32 Å². The number of hydrogen-bond acceptors (Lipinski definition) is 3. The largest absolute Gasteiger partial charge is 0.454 e. The second-order valence-electron chi connectivity index (χ2n) is 5.39. The van der Waals surface area contributed by atoms with E-state index in [0.29, 0.717) is 12.8 Å².